The van der Waals surface area contributed by atoms with Crippen LogP contribution in [0.1, 0.15) is 16.5 Å². The largest absolute Gasteiger partial charge is 0.320 e. The molecule has 0 aliphatic heterocycles. The molecule has 3 rings (SSSR count). The highest BCUT2D eigenvalue weighted by molar-refractivity contribution is 9.10. The molecule has 2 aromatic carbocycles. The number of hydrogen-bond acceptors (Lipinski definition) is 2. The van der Waals surface area contributed by atoms with Crippen LogP contribution in [0.2, 0.25) is 5.02 Å². The minimum atomic E-state index is -0.166. The average Bonchev–Trinajstić information content (AvgIpc) is 2.83. The van der Waals surface area contributed by atoms with E-state index in [0.29, 0.717) is 0 Å². The van der Waals surface area contributed by atoms with E-state index in [-0.39, 0.29) is 6.04 Å². The van der Waals surface area contributed by atoms with Crippen molar-refractivity contribution in [2.45, 2.75) is 6.04 Å². The number of fused-ring (bicyclic) bond motifs is 1. The first kappa shape index (κ1) is 13.1. The van der Waals surface area contributed by atoms with Crippen LogP contribution in [-0.2, 0) is 0 Å². The smallest absolute Gasteiger partial charge is 0.0661 e. The molecule has 19 heavy (non-hydrogen) atoms. The van der Waals surface area contributed by atoms with Crippen molar-refractivity contribution >= 4 is 49.6 Å². The molecule has 1 nitrogen and oxygen atoms in total. The molecular weight excluding hydrogens is 342 g/mol. The average molecular weight is 353 g/mol. The Kier molecular flexibility index (Phi) is 3.63. The Morgan fingerprint density at radius 1 is 1.05 bits per heavy atom. The molecule has 3 aromatic rings. The fourth-order valence-corrected chi connectivity index (χ4v) is 3.69. The summed E-state index contributed by atoms with van der Waals surface area (Å²) in [5.41, 5.74) is 7.38. The molecule has 0 bridgehead atoms. The van der Waals surface area contributed by atoms with Crippen LogP contribution in [0.5, 0.6) is 0 Å². The third kappa shape index (κ3) is 2.56. The maximum atomic E-state index is 6.30. The summed E-state index contributed by atoms with van der Waals surface area (Å²) in [4.78, 5) is 1.01. The van der Waals surface area contributed by atoms with E-state index in [2.05, 4.69) is 46.3 Å². The van der Waals surface area contributed by atoms with Gasteiger partial charge in [0, 0.05) is 9.35 Å². The summed E-state index contributed by atoms with van der Waals surface area (Å²) in [7, 11) is 0. The maximum Gasteiger partial charge on any atom is 0.0661 e. The van der Waals surface area contributed by atoms with E-state index in [9.17, 15) is 0 Å². The summed E-state index contributed by atoms with van der Waals surface area (Å²) in [6, 6.07) is 14.2. The first-order valence-corrected chi connectivity index (χ1v) is 7.88. The van der Waals surface area contributed by atoms with Crippen molar-refractivity contribution in [1.29, 1.82) is 0 Å². The van der Waals surface area contributed by atoms with E-state index in [1.165, 1.54) is 10.8 Å². The molecule has 1 aromatic heterocycles. The number of nitrogens with two attached hydrogens (primary N) is 1. The minimum absolute atomic E-state index is 0.166. The van der Waals surface area contributed by atoms with E-state index in [4.69, 9.17) is 17.3 Å². The molecular formula is C15H11BrClNS. The van der Waals surface area contributed by atoms with Gasteiger partial charge in [-0.05, 0) is 46.0 Å². The molecule has 1 heterocycles. The quantitative estimate of drug-likeness (QED) is 0.659. The molecule has 96 valence electrons. The van der Waals surface area contributed by atoms with Gasteiger partial charge in [0.05, 0.1) is 11.1 Å². The van der Waals surface area contributed by atoms with Crippen LogP contribution in [-0.4, -0.2) is 0 Å². The molecule has 1 unspecified atom stereocenters. The van der Waals surface area contributed by atoms with E-state index in [1.54, 1.807) is 11.3 Å². The van der Waals surface area contributed by atoms with Crippen LogP contribution in [0.15, 0.2) is 52.3 Å². The number of halogens is 2. The van der Waals surface area contributed by atoms with Crippen molar-refractivity contribution in [2.24, 2.45) is 5.73 Å². The van der Waals surface area contributed by atoms with Gasteiger partial charge in [0.15, 0.2) is 0 Å². The van der Waals surface area contributed by atoms with Gasteiger partial charge in [0.2, 0.25) is 0 Å². The van der Waals surface area contributed by atoms with Crippen molar-refractivity contribution < 1.29 is 0 Å². The third-order valence-corrected chi connectivity index (χ3v) is 5.05. The summed E-state index contributed by atoms with van der Waals surface area (Å²) in [6.07, 6.45) is 0. The molecule has 0 spiro atoms. The van der Waals surface area contributed by atoms with E-state index < -0.39 is 0 Å². The Morgan fingerprint density at radius 2 is 1.79 bits per heavy atom. The van der Waals surface area contributed by atoms with Gasteiger partial charge in [0.1, 0.15) is 0 Å². The number of benzene rings is 2. The molecule has 2 N–H and O–H groups in total. The summed E-state index contributed by atoms with van der Waals surface area (Å²) in [5, 5.41) is 5.09. The lowest BCUT2D eigenvalue weighted by atomic mass is 10.0. The van der Waals surface area contributed by atoms with Gasteiger partial charge < -0.3 is 5.73 Å². The Bertz CT molecular complexity index is 738. The zero-order valence-corrected chi connectivity index (χ0v) is 13.1. The molecule has 0 saturated carbocycles. The standard InChI is InChI=1S/C15H11BrClNS/c16-12-4-3-9-7-11(2-1-10(9)8-12)14(18)15-13(17)5-6-19-15/h1-8,14H,18H2. The monoisotopic (exact) mass is 351 g/mol. The van der Waals surface area contributed by atoms with Gasteiger partial charge in [0.25, 0.3) is 0 Å². The fraction of sp³-hybridized carbons (Fsp3) is 0.0667. The highest BCUT2D eigenvalue weighted by Gasteiger charge is 2.14. The minimum Gasteiger partial charge on any atom is -0.320 e. The lowest BCUT2D eigenvalue weighted by molar-refractivity contribution is 0.896. The van der Waals surface area contributed by atoms with Crippen LogP contribution < -0.4 is 5.73 Å². The molecule has 0 fully saturated rings. The Morgan fingerprint density at radius 3 is 2.53 bits per heavy atom. The Balaban J connectivity index is 2.06. The predicted molar refractivity (Wildman–Crippen MR) is 87.0 cm³/mol. The molecule has 0 radical (unpaired) electrons. The van der Waals surface area contributed by atoms with Crippen LogP contribution in [0.3, 0.4) is 0 Å². The zero-order valence-electron chi connectivity index (χ0n) is 9.94. The normalized spacial score (nSPS) is 12.8. The van der Waals surface area contributed by atoms with Crippen molar-refractivity contribution in [2.75, 3.05) is 0 Å². The summed E-state index contributed by atoms with van der Waals surface area (Å²) >= 11 is 11.2. The highest BCUT2D eigenvalue weighted by atomic mass is 79.9. The highest BCUT2D eigenvalue weighted by Crippen LogP contribution is 2.32. The summed E-state index contributed by atoms with van der Waals surface area (Å²) in [5.74, 6) is 0. The van der Waals surface area contributed by atoms with Gasteiger partial charge in [-0.2, -0.15) is 0 Å². The lowest BCUT2D eigenvalue weighted by Gasteiger charge is -2.12. The maximum absolute atomic E-state index is 6.30. The van der Waals surface area contributed by atoms with Crippen molar-refractivity contribution in [3.8, 4) is 0 Å². The molecule has 0 amide bonds. The zero-order chi connectivity index (χ0) is 13.4. The number of thiophene rings is 1. The second kappa shape index (κ2) is 5.25. The van der Waals surface area contributed by atoms with Crippen LogP contribution in [0.25, 0.3) is 10.8 Å². The SMILES string of the molecule is NC(c1ccc2cc(Br)ccc2c1)c1sccc1Cl. The lowest BCUT2D eigenvalue weighted by Crippen LogP contribution is -2.10. The van der Waals surface area contributed by atoms with Crippen molar-refractivity contribution in [1.82, 2.24) is 0 Å². The number of hydrogen-bond donors (Lipinski definition) is 1. The Labute approximate surface area is 129 Å². The summed E-state index contributed by atoms with van der Waals surface area (Å²) < 4.78 is 1.08. The van der Waals surface area contributed by atoms with E-state index >= 15 is 0 Å². The number of rotatable bonds is 2. The molecule has 0 saturated heterocycles. The second-order valence-corrected chi connectivity index (χ2v) is 6.63. The topological polar surface area (TPSA) is 26.0 Å². The van der Waals surface area contributed by atoms with Crippen molar-refractivity contribution in [3.63, 3.8) is 0 Å². The van der Waals surface area contributed by atoms with Gasteiger partial charge in [-0.1, -0.05) is 45.7 Å². The van der Waals surface area contributed by atoms with Crippen LogP contribution in [0.4, 0.5) is 0 Å². The Hall–Kier alpha value is -0.870. The second-order valence-electron chi connectivity index (χ2n) is 4.36. The van der Waals surface area contributed by atoms with Gasteiger partial charge >= 0.3 is 0 Å². The van der Waals surface area contributed by atoms with E-state index in [0.717, 1.165) is 19.9 Å². The van der Waals surface area contributed by atoms with Crippen LogP contribution >= 0.6 is 38.9 Å². The van der Waals surface area contributed by atoms with Gasteiger partial charge in [-0.3, -0.25) is 0 Å². The van der Waals surface area contributed by atoms with Gasteiger partial charge in [-0.15, -0.1) is 11.3 Å². The fourth-order valence-electron chi connectivity index (χ4n) is 2.11. The first-order valence-electron chi connectivity index (χ1n) is 5.83. The third-order valence-electron chi connectivity index (χ3n) is 3.11. The molecule has 4 heteroatoms. The van der Waals surface area contributed by atoms with Crippen LogP contribution in [0, 0.1) is 0 Å². The summed E-state index contributed by atoms with van der Waals surface area (Å²) in [6.45, 7) is 0. The molecule has 0 aliphatic carbocycles. The first-order chi connectivity index (χ1) is 9.15. The predicted octanol–water partition coefficient (Wildman–Crippen LogP) is 5.37. The van der Waals surface area contributed by atoms with Crippen molar-refractivity contribution in [3.05, 3.63) is 67.8 Å². The van der Waals surface area contributed by atoms with E-state index in [1.807, 2.05) is 17.5 Å². The molecule has 0 aliphatic rings. The van der Waals surface area contributed by atoms with Gasteiger partial charge in [-0.25, -0.2) is 0 Å². The molecule has 1 atom stereocenters.